The van der Waals surface area contributed by atoms with Crippen LogP contribution in [0.1, 0.15) is 24.5 Å². The van der Waals surface area contributed by atoms with Crippen LogP contribution < -0.4 is 10.5 Å². The number of pyridine rings is 1. The van der Waals surface area contributed by atoms with E-state index in [2.05, 4.69) is 11.9 Å². The van der Waals surface area contributed by atoms with E-state index >= 15 is 0 Å². The maximum atomic E-state index is 6.01. The molecule has 3 nitrogen and oxygen atoms in total. The maximum absolute atomic E-state index is 6.01. The number of nitrogens with zero attached hydrogens (tertiary/aromatic N) is 1. The van der Waals surface area contributed by atoms with Gasteiger partial charge in [0.15, 0.2) is 0 Å². The Morgan fingerprint density at radius 1 is 1.21 bits per heavy atom. The van der Waals surface area contributed by atoms with Gasteiger partial charge in [0.1, 0.15) is 5.75 Å². The normalized spacial score (nSPS) is 12.2. The highest BCUT2D eigenvalue weighted by molar-refractivity contribution is 5.37. The molecule has 2 aromatic rings. The van der Waals surface area contributed by atoms with Gasteiger partial charge >= 0.3 is 0 Å². The van der Waals surface area contributed by atoms with Gasteiger partial charge in [-0.1, -0.05) is 31.2 Å². The third-order valence-electron chi connectivity index (χ3n) is 3.16. The molecule has 0 fully saturated rings. The number of benzene rings is 1. The highest BCUT2D eigenvalue weighted by atomic mass is 16.5. The van der Waals surface area contributed by atoms with Crippen LogP contribution in [0.2, 0.25) is 0 Å². The monoisotopic (exact) mass is 256 g/mol. The van der Waals surface area contributed by atoms with E-state index in [-0.39, 0.29) is 6.04 Å². The van der Waals surface area contributed by atoms with E-state index < -0.39 is 0 Å². The standard InChI is InChI=1S/C16H20N2O/c1-3-14(17)11-13-8-6-10-18-16(13)19-15-9-5-4-7-12(15)2/h4-10,14H,3,11,17H2,1-2H3. The third-order valence-corrected chi connectivity index (χ3v) is 3.16. The Kier molecular flexibility index (Phi) is 4.53. The molecular weight excluding hydrogens is 236 g/mol. The van der Waals surface area contributed by atoms with Crippen LogP contribution in [0.3, 0.4) is 0 Å². The molecule has 0 saturated heterocycles. The molecule has 0 spiro atoms. The summed E-state index contributed by atoms with van der Waals surface area (Å²) in [7, 11) is 0. The van der Waals surface area contributed by atoms with Gasteiger partial charge in [0, 0.05) is 17.8 Å². The SMILES string of the molecule is CCC(N)Cc1cccnc1Oc1ccccc1C. The lowest BCUT2D eigenvalue weighted by Gasteiger charge is -2.14. The summed E-state index contributed by atoms with van der Waals surface area (Å²) in [4.78, 5) is 4.32. The van der Waals surface area contributed by atoms with Crippen molar-refractivity contribution in [2.45, 2.75) is 32.7 Å². The van der Waals surface area contributed by atoms with Gasteiger partial charge in [-0.2, -0.15) is 0 Å². The van der Waals surface area contributed by atoms with Crippen molar-refractivity contribution in [2.75, 3.05) is 0 Å². The van der Waals surface area contributed by atoms with Crippen LogP contribution in [0.15, 0.2) is 42.6 Å². The molecule has 1 unspecified atom stereocenters. The van der Waals surface area contributed by atoms with Crippen molar-refractivity contribution in [1.29, 1.82) is 0 Å². The first-order valence-electron chi connectivity index (χ1n) is 6.63. The fraction of sp³-hybridized carbons (Fsp3) is 0.312. The lowest BCUT2D eigenvalue weighted by Crippen LogP contribution is -2.21. The topological polar surface area (TPSA) is 48.1 Å². The molecule has 0 aliphatic carbocycles. The summed E-state index contributed by atoms with van der Waals surface area (Å²) in [5, 5.41) is 0. The molecule has 1 aromatic carbocycles. The Morgan fingerprint density at radius 2 is 2.00 bits per heavy atom. The summed E-state index contributed by atoms with van der Waals surface area (Å²) in [5.41, 5.74) is 8.17. The molecule has 0 aliphatic heterocycles. The molecular formula is C16H20N2O. The van der Waals surface area contributed by atoms with Gasteiger partial charge in [0.2, 0.25) is 5.88 Å². The third kappa shape index (κ3) is 3.55. The number of nitrogens with two attached hydrogens (primary N) is 1. The highest BCUT2D eigenvalue weighted by Crippen LogP contribution is 2.26. The van der Waals surface area contributed by atoms with Gasteiger partial charge in [-0.3, -0.25) is 0 Å². The molecule has 3 heteroatoms. The second-order valence-corrected chi connectivity index (χ2v) is 4.71. The van der Waals surface area contributed by atoms with Crippen molar-refractivity contribution in [3.63, 3.8) is 0 Å². The maximum Gasteiger partial charge on any atom is 0.222 e. The molecule has 100 valence electrons. The average molecular weight is 256 g/mol. The summed E-state index contributed by atoms with van der Waals surface area (Å²) in [6.07, 6.45) is 3.47. The van der Waals surface area contributed by atoms with Crippen LogP contribution >= 0.6 is 0 Å². The smallest absolute Gasteiger partial charge is 0.222 e. The van der Waals surface area contributed by atoms with Gasteiger partial charge in [-0.25, -0.2) is 4.98 Å². The molecule has 2 rings (SSSR count). The van der Waals surface area contributed by atoms with Crippen molar-refractivity contribution >= 4 is 0 Å². The summed E-state index contributed by atoms with van der Waals surface area (Å²) in [5.74, 6) is 1.49. The fourth-order valence-electron chi connectivity index (χ4n) is 1.87. The summed E-state index contributed by atoms with van der Waals surface area (Å²) < 4.78 is 5.92. The minimum atomic E-state index is 0.142. The van der Waals surface area contributed by atoms with E-state index in [0.717, 1.165) is 29.7 Å². The molecule has 0 saturated carbocycles. The Bertz CT molecular complexity index is 540. The molecule has 1 atom stereocenters. The van der Waals surface area contributed by atoms with Gasteiger partial charge in [0.05, 0.1) is 0 Å². The molecule has 2 N–H and O–H groups in total. The van der Waals surface area contributed by atoms with E-state index in [0.29, 0.717) is 5.88 Å². The number of aromatic nitrogens is 1. The fourth-order valence-corrected chi connectivity index (χ4v) is 1.87. The first-order valence-corrected chi connectivity index (χ1v) is 6.63. The Morgan fingerprint density at radius 3 is 2.74 bits per heavy atom. The summed E-state index contributed by atoms with van der Waals surface area (Å²) >= 11 is 0. The first-order chi connectivity index (χ1) is 9.20. The Balaban J connectivity index is 2.23. The minimum Gasteiger partial charge on any atom is -0.438 e. The summed E-state index contributed by atoms with van der Waals surface area (Å²) in [6.45, 7) is 4.11. The number of hydrogen-bond donors (Lipinski definition) is 1. The zero-order valence-corrected chi connectivity index (χ0v) is 11.5. The van der Waals surface area contributed by atoms with Gasteiger partial charge < -0.3 is 10.5 Å². The van der Waals surface area contributed by atoms with Crippen molar-refractivity contribution in [2.24, 2.45) is 5.73 Å². The number of ether oxygens (including phenoxy) is 1. The van der Waals surface area contributed by atoms with E-state index in [1.54, 1.807) is 6.20 Å². The van der Waals surface area contributed by atoms with Gasteiger partial charge in [0.25, 0.3) is 0 Å². The molecule has 1 heterocycles. The number of rotatable bonds is 5. The van der Waals surface area contributed by atoms with Crippen LogP contribution in [0.5, 0.6) is 11.6 Å². The van der Waals surface area contributed by atoms with Crippen LogP contribution in [0.25, 0.3) is 0 Å². The molecule has 0 aliphatic rings. The Labute approximate surface area is 114 Å². The zero-order chi connectivity index (χ0) is 13.7. The van der Waals surface area contributed by atoms with Crippen molar-refractivity contribution in [3.8, 4) is 11.6 Å². The van der Waals surface area contributed by atoms with E-state index in [1.165, 1.54) is 0 Å². The summed E-state index contributed by atoms with van der Waals surface area (Å²) in [6, 6.07) is 12.0. The quantitative estimate of drug-likeness (QED) is 0.891. The molecule has 1 aromatic heterocycles. The van der Waals surface area contributed by atoms with Crippen LogP contribution in [-0.4, -0.2) is 11.0 Å². The van der Waals surface area contributed by atoms with Crippen molar-refractivity contribution in [3.05, 3.63) is 53.7 Å². The Hall–Kier alpha value is -1.87. The van der Waals surface area contributed by atoms with Crippen LogP contribution in [0, 0.1) is 6.92 Å². The number of aryl methyl sites for hydroxylation is 1. The zero-order valence-electron chi connectivity index (χ0n) is 11.5. The van der Waals surface area contributed by atoms with Gasteiger partial charge in [-0.15, -0.1) is 0 Å². The lowest BCUT2D eigenvalue weighted by atomic mass is 10.1. The van der Waals surface area contributed by atoms with Crippen LogP contribution in [-0.2, 0) is 6.42 Å². The number of para-hydroxylation sites is 1. The van der Waals surface area contributed by atoms with Crippen molar-refractivity contribution in [1.82, 2.24) is 4.98 Å². The second kappa shape index (κ2) is 6.34. The molecule has 0 bridgehead atoms. The minimum absolute atomic E-state index is 0.142. The predicted octanol–water partition coefficient (Wildman–Crippen LogP) is 3.46. The highest BCUT2D eigenvalue weighted by Gasteiger charge is 2.10. The predicted molar refractivity (Wildman–Crippen MR) is 77.5 cm³/mol. The second-order valence-electron chi connectivity index (χ2n) is 4.71. The molecule has 0 amide bonds. The van der Waals surface area contributed by atoms with E-state index in [1.807, 2.05) is 43.3 Å². The largest absolute Gasteiger partial charge is 0.438 e. The first kappa shape index (κ1) is 13.6. The number of hydrogen-bond acceptors (Lipinski definition) is 3. The lowest BCUT2D eigenvalue weighted by molar-refractivity contribution is 0.449. The van der Waals surface area contributed by atoms with Gasteiger partial charge in [-0.05, 0) is 37.5 Å². The van der Waals surface area contributed by atoms with Crippen LogP contribution in [0.4, 0.5) is 0 Å². The molecule has 0 radical (unpaired) electrons. The van der Waals surface area contributed by atoms with E-state index in [9.17, 15) is 0 Å². The van der Waals surface area contributed by atoms with E-state index in [4.69, 9.17) is 10.5 Å². The average Bonchev–Trinajstić information content (AvgIpc) is 2.43. The van der Waals surface area contributed by atoms with Crippen molar-refractivity contribution < 1.29 is 4.74 Å². The molecule has 19 heavy (non-hydrogen) atoms.